The number of nitrogens with zero attached hydrogens (tertiary/aromatic N) is 2. The first-order valence-corrected chi connectivity index (χ1v) is 12.0. The summed E-state index contributed by atoms with van der Waals surface area (Å²) in [5.74, 6) is 0.431. The Labute approximate surface area is 174 Å². The van der Waals surface area contributed by atoms with Crippen LogP contribution in [0.3, 0.4) is 0 Å². The fourth-order valence-corrected chi connectivity index (χ4v) is 4.82. The van der Waals surface area contributed by atoms with Crippen molar-refractivity contribution >= 4 is 21.6 Å². The Hall–Kier alpha value is -2.34. The Balaban J connectivity index is 1.64. The predicted octanol–water partition coefficient (Wildman–Crippen LogP) is 3.55. The van der Waals surface area contributed by atoms with Gasteiger partial charge in [0.05, 0.1) is 11.9 Å². The van der Waals surface area contributed by atoms with Gasteiger partial charge < -0.3 is 4.90 Å². The summed E-state index contributed by atoms with van der Waals surface area (Å²) in [5.41, 5.74) is 3.72. The molecule has 0 aromatic heterocycles. The Morgan fingerprint density at radius 1 is 1.07 bits per heavy atom. The third kappa shape index (κ3) is 5.60. The van der Waals surface area contributed by atoms with Gasteiger partial charge in [-0.3, -0.25) is 9.10 Å². The molecule has 0 saturated carbocycles. The van der Waals surface area contributed by atoms with Crippen molar-refractivity contribution in [3.05, 3.63) is 65.2 Å². The minimum Gasteiger partial charge on any atom is -0.341 e. The number of sulfonamides is 1. The van der Waals surface area contributed by atoms with E-state index in [-0.39, 0.29) is 12.5 Å². The van der Waals surface area contributed by atoms with Crippen LogP contribution in [-0.2, 0) is 21.2 Å². The highest BCUT2D eigenvalue weighted by Crippen LogP contribution is 2.25. The molecule has 29 heavy (non-hydrogen) atoms. The fourth-order valence-electron chi connectivity index (χ4n) is 3.93. The summed E-state index contributed by atoms with van der Waals surface area (Å²) < 4.78 is 26.1. The molecule has 0 atom stereocenters. The van der Waals surface area contributed by atoms with Crippen LogP contribution < -0.4 is 4.31 Å². The van der Waals surface area contributed by atoms with Gasteiger partial charge in [0.2, 0.25) is 15.9 Å². The first-order valence-electron chi connectivity index (χ1n) is 10.1. The Bertz CT molecular complexity index is 949. The highest BCUT2D eigenvalue weighted by Gasteiger charge is 2.28. The summed E-state index contributed by atoms with van der Waals surface area (Å²) in [4.78, 5) is 14.7. The van der Waals surface area contributed by atoms with E-state index in [0.29, 0.717) is 24.7 Å². The average molecular weight is 415 g/mol. The van der Waals surface area contributed by atoms with E-state index in [9.17, 15) is 13.2 Å². The standard InChI is InChI=1S/C23H30N2O3S/c1-18-9-10-19(2)22(15-18)25(29(3,27)28)17-23(26)24-13-11-21(12-14-24)16-20-7-5-4-6-8-20/h4-10,15,21H,11-14,16-17H2,1-3H3. The molecule has 6 heteroatoms. The van der Waals surface area contributed by atoms with E-state index in [1.54, 1.807) is 0 Å². The topological polar surface area (TPSA) is 57.7 Å². The highest BCUT2D eigenvalue weighted by atomic mass is 32.2. The van der Waals surface area contributed by atoms with Crippen molar-refractivity contribution < 1.29 is 13.2 Å². The van der Waals surface area contributed by atoms with Crippen molar-refractivity contribution in [1.82, 2.24) is 4.90 Å². The van der Waals surface area contributed by atoms with Crippen LogP contribution in [0.5, 0.6) is 0 Å². The molecular weight excluding hydrogens is 384 g/mol. The third-order valence-electron chi connectivity index (χ3n) is 5.65. The predicted molar refractivity (Wildman–Crippen MR) is 118 cm³/mol. The number of likely N-dealkylation sites (tertiary alicyclic amines) is 1. The zero-order chi connectivity index (χ0) is 21.0. The lowest BCUT2D eigenvalue weighted by atomic mass is 9.90. The van der Waals surface area contributed by atoms with Gasteiger partial charge in [-0.2, -0.15) is 0 Å². The lowest BCUT2D eigenvalue weighted by Gasteiger charge is -2.34. The van der Waals surface area contributed by atoms with Crippen molar-refractivity contribution in [1.29, 1.82) is 0 Å². The van der Waals surface area contributed by atoms with Gasteiger partial charge in [0.15, 0.2) is 0 Å². The van der Waals surface area contributed by atoms with Crippen molar-refractivity contribution in [2.24, 2.45) is 5.92 Å². The van der Waals surface area contributed by atoms with Gasteiger partial charge in [0.1, 0.15) is 6.54 Å². The quantitative estimate of drug-likeness (QED) is 0.726. The molecule has 2 aromatic carbocycles. The zero-order valence-electron chi connectivity index (χ0n) is 17.5. The van der Waals surface area contributed by atoms with Crippen LogP contribution >= 0.6 is 0 Å². The fraction of sp³-hybridized carbons (Fsp3) is 0.435. The summed E-state index contributed by atoms with van der Waals surface area (Å²) in [6, 6.07) is 16.1. The number of benzene rings is 2. The molecule has 0 spiro atoms. The van der Waals surface area contributed by atoms with E-state index in [4.69, 9.17) is 0 Å². The van der Waals surface area contributed by atoms with Gasteiger partial charge in [-0.25, -0.2) is 8.42 Å². The second-order valence-corrected chi connectivity index (χ2v) is 9.98. The third-order valence-corrected chi connectivity index (χ3v) is 6.77. The van der Waals surface area contributed by atoms with Crippen LogP contribution in [0.1, 0.15) is 29.5 Å². The maximum Gasteiger partial charge on any atom is 0.243 e. The largest absolute Gasteiger partial charge is 0.341 e. The van der Waals surface area contributed by atoms with E-state index in [0.717, 1.165) is 36.6 Å². The zero-order valence-corrected chi connectivity index (χ0v) is 18.3. The monoisotopic (exact) mass is 414 g/mol. The molecule has 1 aliphatic heterocycles. The molecule has 2 aromatic rings. The van der Waals surface area contributed by atoms with E-state index in [2.05, 4.69) is 24.3 Å². The molecule has 1 saturated heterocycles. The van der Waals surface area contributed by atoms with Gasteiger partial charge >= 0.3 is 0 Å². The molecule has 1 fully saturated rings. The molecular formula is C23H30N2O3S. The molecule has 0 bridgehead atoms. The Kier molecular flexibility index (Phi) is 6.63. The molecule has 1 amide bonds. The lowest BCUT2D eigenvalue weighted by Crippen LogP contribution is -2.46. The molecule has 1 heterocycles. The number of carbonyl (C=O) groups is 1. The molecule has 0 N–H and O–H groups in total. The maximum absolute atomic E-state index is 12.9. The number of carbonyl (C=O) groups excluding carboxylic acids is 1. The van der Waals surface area contributed by atoms with Crippen molar-refractivity contribution in [2.45, 2.75) is 33.1 Å². The normalized spacial score (nSPS) is 15.3. The van der Waals surface area contributed by atoms with Gasteiger partial charge in [-0.1, -0.05) is 42.5 Å². The Morgan fingerprint density at radius 2 is 1.72 bits per heavy atom. The number of hydrogen-bond donors (Lipinski definition) is 0. The summed E-state index contributed by atoms with van der Waals surface area (Å²) in [6.45, 7) is 5.00. The number of anilines is 1. The summed E-state index contributed by atoms with van der Waals surface area (Å²) >= 11 is 0. The first kappa shape index (κ1) is 21.4. The number of aryl methyl sites for hydroxylation is 2. The SMILES string of the molecule is Cc1ccc(C)c(N(CC(=O)N2CCC(Cc3ccccc3)CC2)S(C)(=O)=O)c1. The van der Waals surface area contributed by atoms with Crippen LogP contribution in [0.15, 0.2) is 48.5 Å². The van der Waals surface area contributed by atoms with Crippen LogP contribution in [0, 0.1) is 19.8 Å². The van der Waals surface area contributed by atoms with Crippen LogP contribution in [0.2, 0.25) is 0 Å². The van der Waals surface area contributed by atoms with Gasteiger partial charge in [-0.15, -0.1) is 0 Å². The number of hydrogen-bond acceptors (Lipinski definition) is 3. The highest BCUT2D eigenvalue weighted by molar-refractivity contribution is 7.92. The molecule has 3 rings (SSSR count). The smallest absolute Gasteiger partial charge is 0.243 e. The van der Waals surface area contributed by atoms with Gasteiger partial charge in [-0.05, 0) is 61.8 Å². The van der Waals surface area contributed by atoms with E-state index in [1.165, 1.54) is 9.87 Å². The second-order valence-electron chi connectivity index (χ2n) is 8.07. The lowest BCUT2D eigenvalue weighted by molar-refractivity contribution is -0.130. The van der Waals surface area contributed by atoms with Crippen LogP contribution in [0.25, 0.3) is 0 Å². The molecule has 5 nitrogen and oxygen atoms in total. The van der Waals surface area contributed by atoms with Crippen LogP contribution in [-0.4, -0.2) is 45.1 Å². The summed E-state index contributed by atoms with van der Waals surface area (Å²) in [6.07, 6.45) is 4.08. The molecule has 1 aliphatic rings. The van der Waals surface area contributed by atoms with Crippen molar-refractivity contribution in [3.63, 3.8) is 0 Å². The number of rotatable bonds is 6. The molecule has 0 radical (unpaired) electrons. The minimum atomic E-state index is -3.56. The van der Waals surface area contributed by atoms with E-state index < -0.39 is 10.0 Å². The average Bonchev–Trinajstić information content (AvgIpc) is 2.68. The summed E-state index contributed by atoms with van der Waals surface area (Å²) in [5, 5.41) is 0. The van der Waals surface area contributed by atoms with Crippen molar-refractivity contribution in [2.75, 3.05) is 30.2 Å². The first-order chi connectivity index (χ1) is 13.7. The summed E-state index contributed by atoms with van der Waals surface area (Å²) in [7, 11) is -3.56. The van der Waals surface area contributed by atoms with Gasteiger partial charge in [0, 0.05) is 13.1 Å². The number of piperidine rings is 1. The van der Waals surface area contributed by atoms with E-state index in [1.807, 2.05) is 43.0 Å². The molecule has 0 aliphatic carbocycles. The van der Waals surface area contributed by atoms with Gasteiger partial charge in [0.25, 0.3) is 0 Å². The van der Waals surface area contributed by atoms with Crippen molar-refractivity contribution in [3.8, 4) is 0 Å². The van der Waals surface area contributed by atoms with Crippen LogP contribution in [0.4, 0.5) is 5.69 Å². The Morgan fingerprint density at radius 3 is 2.34 bits per heavy atom. The molecule has 156 valence electrons. The van der Waals surface area contributed by atoms with E-state index >= 15 is 0 Å². The second kappa shape index (κ2) is 8.99. The number of amides is 1. The minimum absolute atomic E-state index is 0.130. The molecule has 0 unspecified atom stereocenters. The maximum atomic E-state index is 12.9.